The van der Waals surface area contributed by atoms with E-state index >= 15 is 0 Å². The third-order valence-corrected chi connectivity index (χ3v) is 4.33. The summed E-state index contributed by atoms with van der Waals surface area (Å²) in [6.07, 6.45) is 0.147. The molecule has 0 aromatic heterocycles. The van der Waals surface area contributed by atoms with Crippen LogP contribution < -0.4 is 20.1 Å². The molecule has 0 saturated carbocycles. The second kappa shape index (κ2) is 8.90. The Kier molecular flexibility index (Phi) is 6.11. The summed E-state index contributed by atoms with van der Waals surface area (Å²) in [5.74, 6) is 0.716. The molecule has 3 rings (SSSR count). The fraction of sp³-hybridized carbons (Fsp3) is 0.182. The van der Waals surface area contributed by atoms with E-state index in [0.29, 0.717) is 22.7 Å². The normalized spacial score (nSPS) is 10.4. The molecule has 0 unspecified atom stereocenters. The molecule has 0 aliphatic heterocycles. The van der Waals surface area contributed by atoms with Gasteiger partial charge in [0.15, 0.2) is 0 Å². The predicted octanol–water partition coefficient (Wildman–Crippen LogP) is 3.62. The standard InChI is InChI=1S/C22H22N2O4/c1-27-18-9-10-19(20(14-18)28-2)24-21(25)11-12-23-22(26)17-8-7-15-5-3-4-6-16(15)13-17/h3-10,13-14H,11-12H2,1-2H3,(H,23,26)(H,24,25). The summed E-state index contributed by atoms with van der Waals surface area (Å²) in [5, 5.41) is 7.63. The van der Waals surface area contributed by atoms with Crippen molar-refractivity contribution in [1.82, 2.24) is 5.32 Å². The zero-order valence-corrected chi connectivity index (χ0v) is 15.8. The summed E-state index contributed by atoms with van der Waals surface area (Å²) in [7, 11) is 3.08. The Hall–Kier alpha value is -3.54. The van der Waals surface area contributed by atoms with Crippen molar-refractivity contribution in [2.24, 2.45) is 0 Å². The van der Waals surface area contributed by atoms with Gasteiger partial charge >= 0.3 is 0 Å². The lowest BCUT2D eigenvalue weighted by Gasteiger charge is -2.12. The predicted molar refractivity (Wildman–Crippen MR) is 109 cm³/mol. The zero-order chi connectivity index (χ0) is 19.9. The van der Waals surface area contributed by atoms with E-state index in [1.807, 2.05) is 36.4 Å². The van der Waals surface area contributed by atoms with Crippen LogP contribution in [0.2, 0.25) is 0 Å². The molecule has 0 heterocycles. The number of rotatable bonds is 7. The SMILES string of the molecule is COc1ccc(NC(=O)CCNC(=O)c2ccc3ccccc3c2)c(OC)c1. The fourth-order valence-electron chi connectivity index (χ4n) is 2.84. The van der Waals surface area contributed by atoms with Gasteiger partial charge in [-0.2, -0.15) is 0 Å². The van der Waals surface area contributed by atoms with E-state index in [0.717, 1.165) is 10.8 Å². The molecular weight excluding hydrogens is 356 g/mol. The number of carbonyl (C=O) groups excluding carboxylic acids is 2. The van der Waals surface area contributed by atoms with Gasteiger partial charge in [0.25, 0.3) is 5.91 Å². The zero-order valence-electron chi connectivity index (χ0n) is 15.8. The van der Waals surface area contributed by atoms with Crippen molar-refractivity contribution in [3.05, 3.63) is 66.2 Å². The second-order valence-corrected chi connectivity index (χ2v) is 6.18. The van der Waals surface area contributed by atoms with Crippen LogP contribution in [0.15, 0.2) is 60.7 Å². The topological polar surface area (TPSA) is 76.7 Å². The van der Waals surface area contributed by atoms with Gasteiger partial charge in [-0.05, 0) is 35.0 Å². The third kappa shape index (κ3) is 4.59. The van der Waals surface area contributed by atoms with Crippen molar-refractivity contribution in [1.29, 1.82) is 0 Å². The molecule has 0 aliphatic rings. The molecule has 0 aliphatic carbocycles. The first-order valence-corrected chi connectivity index (χ1v) is 8.89. The largest absolute Gasteiger partial charge is 0.497 e. The van der Waals surface area contributed by atoms with Crippen LogP contribution in [0.3, 0.4) is 0 Å². The van der Waals surface area contributed by atoms with E-state index in [2.05, 4.69) is 10.6 Å². The lowest BCUT2D eigenvalue weighted by atomic mass is 10.1. The Bertz CT molecular complexity index is 1000. The van der Waals surface area contributed by atoms with Crippen LogP contribution >= 0.6 is 0 Å². The van der Waals surface area contributed by atoms with Crippen LogP contribution in [-0.4, -0.2) is 32.6 Å². The number of fused-ring (bicyclic) bond motifs is 1. The maximum atomic E-state index is 12.3. The van der Waals surface area contributed by atoms with Gasteiger partial charge < -0.3 is 20.1 Å². The fourth-order valence-corrected chi connectivity index (χ4v) is 2.84. The first kappa shape index (κ1) is 19.2. The molecule has 0 fully saturated rings. The number of hydrogen-bond acceptors (Lipinski definition) is 4. The molecule has 6 heteroatoms. The number of amides is 2. The molecular formula is C22H22N2O4. The van der Waals surface area contributed by atoms with Gasteiger partial charge in [0.2, 0.25) is 5.91 Å². The van der Waals surface area contributed by atoms with Gasteiger partial charge in [-0.25, -0.2) is 0 Å². The van der Waals surface area contributed by atoms with Crippen molar-refractivity contribution in [3.8, 4) is 11.5 Å². The molecule has 0 saturated heterocycles. The first-order valence-electron chi connectivity index (χ1n) is 8.89. The van der Waals surface area contributed by atoms with Gasteiger partial charge in [-0.1, -0.05) is 30.3 Å². The number of carbonyl (C=O) groups is 2. The van der Waals surface area contributed by atoms with Crippen molar-refractivity contribution < 1.29 is 19.1 Å². The van der Waals surface area contributed by atoms with Crippen LogP contribution in [0.5, 0.6) is 11.5 Å². The van der Waals surface area contributed by atoms with E-state index in [1.165, 1.54) is 7.11 Å². The lowest BCUT2D eigenvalue weighted by Crippen LogP contribution is -2.27. The molecule has 3 aromatic rings. The number of ether oxygens (including phenoxy) is 2. The van der Waals surface area contributed by atoms with E-state index in [1.54, 1.807) is 31.4 Å². The highest BCUT2D eigenvalue weighted by Gasteiger charge is 2.10. The van der Waals surface area contributed by atoms with Gasteiger partial charge in [-0.3, -0.25) is 9.59 Å². The Morgan fingerprint density at radius 1 is 0.893 bits per heavy atom. The minimum Gasteiger partial charge on any atom is -0.497 e. The van der Waals surface area contributed by atoms with E-state index < -0.39 is 0 Å². The Labute approximate surface area is 163 Å². The van der Waals surface area contributed by atoms with E-state index in [-0.39, 0.29) is 24.8 Å². The minimum absolute atomic E-state index is 0.147. The molecule has 144 valence electrons. The molecule has 2 N–H and O–H groups in total. The van der Waals surface area contributed by atoms with E-state index in [4.69, 9.17) is 9.47 Å². The molecule has 2 amide bonds. The average Bonchev–Trinajstić information content (AvgIpc) is 2.73. The second-order valence-electron chi connectivity index (χ2n) is 6.18. The molecule has 28 heavy (non-hydrogen) atoms. The average molecular weight is 378 g/mol. The highest BCUT2D eigenvalue weighted by atomic mass is 16.5. The van der Waals surface area contributed by atoms with Crippen molar-refractivity contribution in [3.63, 3.8) is 0 Å². The molecule has 3 aromatic carbocycles. The Balaban J connectivity index is 1.54. The number of nitrogens with one attached hydrogen (secondary N) is 2. The van der Waals surface area contributed by atoms with Crippen LogP contribution in [0.25, 0.3) is 10.8 Å². The van der Waals surface area contributed by atoms with E-state index in [9.17, 15) is 9.59 Å². The summed E-state index contributed by atoms with van der Waals surface area (Å²) >= 11 is 0. The maximum Gasteiger partial charge on any atom is 0.251 e. The van der Waals surface area contributed by atoms with Crippen molar-refractivity contribution >= 4 is 28.3 Å². The number of anilines is 1. The smallest absolute Gasteiger partial charge is 0.251 e. The van der Waals surface area contributed by atoms with Crippen LogP contribution in [0.4, 0.5) is 5.69 Å². The molecule has 0 bridgehead atoms. The minimum atomic E-state index is -0.220. The summed E-state index contributed by atoms with van der Waals surface area (Å²) in [6.45, 7) is 0.232. The quantitative estimate of drug-likeness (QED) is 0.658. The molecule has 6 nitrogen and oxygen atoms in total. The van der Waals surface area contributed by atoms with Gasteiger partial charge in [0, 0.05) is 24.6 Å². The summed E-state index contributed by atoms with van der Waals surface area (Å²) in [5.41, 5.74) is 1.12. The van der Waals surface area contributed by atoms with Gasteiger partial charge in [0.05, 0.1) is 19.9 Å². The van der Waals surface area contributed by atoms with Crippen LogP contribution in [0, 0.1) is 0 Å². The van der Waals surface area contributed by atoms with Crippen LogP contribution in [0.1, 0.15) is 16.8 Å². The highest BCUT2D eigenvalue weighted by molar-refractivity contribution is 5.99. The number of benzene rings is 3. The number of hydrogen-bond donors (Lipinski definition) is 2. The number of methoxy groups -OCH3 is 2. The monoisotopic (exact) mass is 378 g/mol. The Morgan fingerprint density at radius 3 is 2.43 bits per heavy atom. The summed E-state index contributed by atoms with van der Waals surface area (Å²) < 4.78 is 10.4. The lowest BCUT2D eigenvalue weighted by molar-refractivity contribution is -0.116. The third-order valence-electron chi connectivity index (χ3n) is 4.33. The summed E-state index contributed by atoms with van der Waals surface area (Å²) in [6, 6.07) is 18.5. The maximum absolute atomic E-state index is 12.3. The summed E-state index contributed by atoms with van der Waals surface area (Å²) in [4.78, 5) is 24.5. The Morgan fingerprint density at radius 2 is 1.68 bits per heavy atom. The van der Waals surface area contributed by atoms with Crippen molar-refractivity contribution in [2.45, 2.75) is 6.42 Å². The molecule has 0 atom stereocenters. The van der Waals surface area contributed by atoms with Crippen molar-refractivity contribution in [2.75, 3.05) is 26.1 Å². The highest BCUT2D eigenvalue weighted by Crippen LogP contribution is 2.29. The first-order chi connectivity index (χ1) is 13.6. The van der Waals surface area contributed by atoms with Gasteiger partial charge in [-0.15, -0.1) is 0 Å². The van der Waals surface area contributed by atoms with Gasteiger partial charge in [0.1, 0.15) is 11.5 Å². The molecule has 0 spiro atoms. The van der Waals surface area contributed by atoms with Crippen LogP contribution in [-0.2, 0) is 4.79 Å². The molecule has 0 radical (unpaired) electrons.